The first-order valence-corrected chi connectivity index (χ1v) is 9.71. The van der Waals surface area contributed by atoms with Gasteiger partial charge in [0, 0.05) is 17.8 Å². The molecule has 162 valence electrons. The van der Waals surface area contributed by atoms with Crippen LogP contribution in [0.15, 0.2) is 48.5 Å². The summed E-state index contributed by atoms with van der Waals surface area (Å²) in [6.45, 7) is 1.39. The molecule has 0 fully saturated rings. The minimum atomic E-state index is -0.752. The summed E-state index contributed by atoms with van der Waals surface area (Å²) in [6, 6.07) is 13.7. The number of hydrogen-bond donors (Lipinski definition) is 2. The van der Waals surface area contributed by atoms with Crippen molar-refractivity contribution >= 4 is 40.8 Å². The number of para-hydroxylation sites is 1. The van der Waals surface area contributed by atoms with E-state index in [9.17, 15) is 19.2 Å². The normalized spacial score (nSPS) is 14.8. The first-order chi connectivity index (χ1) is 14.9. The van der Waals surface area contributed by atoms with Crippen molar-refractivity contribution in [2.45, 2.75) is 25.9 Å². The van der Waals surface area contributed by atoms with Crippen LogP contribution in [0.4, 0.5) is 17.1 Å². The summed E-state index contributed by atoms with van der Waals surface area (Å²) in [6.07, 6.45) is -0.838. The Morgan fingerprint density at radius 2 is 1.71 bits per heavy atom. The first-order valence-electron chi connectivity index (χ1n) is 9.71. The van der Waals surface area contributed by atoms with E-state index in [1.54, 1.807) is 49.4 Å². The van der Waals surface area contributed by atoms with E-state index in [0.717, 1.165) is 0 Å². The molecule has 3 amide bonds. The molecule has 9 nitrogen and oxygen atoms in total. The number of carbonyl (C=O) groups excluding carboxylic acids is 4. The number of rotatable bonds is 7. The molecule has 3 rings (SSSR count). The lowest BCUT2D eigenvalue weighted by molar-refractivity contribution is -0.141. The number of hydrogen-bond acceptors (Lipinski definition) is 6. The SMILES string of the molecule is COC(=O)CCC(=O)Nc1ccc2c(c1)N(CC(=O)Nc1ccccc1)C(=O)C(C)O2. The lowest BCUT2D eigenvalue weighted by Gasteiger charge is -2.33. The van der Waals surface area contributed by atoms with E-state index < -0.39 is 12.1 Å². The first kappa shape index (κ1) is 21.8. The number of amides is 3. The molecule has 0 saturated heterocycles. The predicted molar refractivity (Wildman–Crippen MR) is 114 cm³/mol. The van der Waals surface area contributed by atoms with Crippen molar-refractivity contribution < 1.29 is 28.7 Å². The number of fused-ring (bicyclic) bond motifs is 1. The molecule has 1 heterocycles. The van der Waals surface area contributed by atoms with Gasteiger partial charge in [0.15, 0.2) is 6.10 Å². The fourth-order valence-electron chi connectivity index (χ4n) is 3.05. The van der Waals surface area contributed by atoms with Crippen molar-refractivity contribution in [3.8, 4) is 5.75 Å². The van der Waals surface area contributed by atoms with Crippen LogP contribution in [-0.2, 0) is 23.9 Å². The average Bonchev–Trinajstić information content (AvgIpc) is 2.76. The van der Waals surface area contributed by atoms with Crippen molar-refractivity contribution in [1.29, 1.82) is 0 Å². The van der Waals surface area contributed by atoms with E-state index in [1.165, 1.54) is 12.0 Å². The van der Waals surface area contributed by atoms with Gasteiger partial charge in [-0.15, -0.1) is 0 Å². The fraction of sp³-hybridized carbons (Fsp3) is 0.273. The summed E-state index contributed by atoms with van der Waals surface area (Å²) in [7, 11) is 1.25. The predicted octanol–water partition coefficient (Wildman–Crippen LogP) is 2.33. The van der Waals surface area contributed by atoms with Crippen LogP contribution in [0.2, 0.25) is 0 Å². The molecule has 0 spiro atoms. The molecule has 9 heteroatoms. The van der Waals surface area contributed by atoms with Gasteiger partial charge in [-0.3, -0.25) is 24.1 Å². The Morgan fingerprint density at radius 3 is 2.42 bits per heavy atom. The second-order valence-electron chi connectivity index (χ2n) is 6.91. The maximum atomic E-state index is 12.7. The molecule has 0 bridgehead atoms. The third-order valence-corrected chi connectivity index (χ3v) is 4.59. The molecular formula is C22H23N3O6. The maximum absolute atomic E-state index is 12.7. The topological polar surface area (TPSA) is 114 Å². The Morgan fingerprint density at radius 1 is 1.00 bits per heavy atom. The standard InChI is InChI=1S/C22H23N3O6/c1-14-22(29)25(13-20(27)23-15-6-4-3-5-7-15)17-12-16(8-9-18(17)31-14)24-19(26)10-11-21(28)30-2/h3-9,12,14H,10-11,13H2,1-2H3,(H,23,27)(H,24,26). The Bertz CT molecular complexity index is 992. The number of ether oxygens (including phenoxy) is 2. The van der Waals surface area contributed by atoms with Gasteiger partial charge < -0.3 is 20.1 Å². The highest BCUT2D eigenvalue weighted by atomic mass is 16.5. The number of anilines is 3. The molecule has 0 radical (unpaired) electrons. The monoisotopic (exact) mass is 425 g/mol. The molecule has 2 aromatic carbocycles. The van der Waals surface area contributed by atoms with Crippen molar-refractivity contribution in [3.63, 3.8) is 0 Å². The molecule has 0 saturated carbocycles. The summed E-state index contributed by atoms with van der Waals surface area (Å²) in [5.41, 5.74) is 1.40. The molecule has 0 aliphatic carbocycles. The van der Waals surface area contributed by atoms with Crippen LogP contribution >= 0.6 is 0 Å². The highest BCUT2D eigenvalue weighted by Crippen LogP contribution is 2.36. The minimum absolute atomic E-state index is 0.0422. The number of esters is 1. The maximum Gasteiger partial charge on any atom is 0.306 e. The van der Waals surface area contributed by atoms with Gasteiger partial charge in [0.1, 0.15) is 12.3 Å². The number of benzene rings is 2. The van der Waals surface area contributed by atoms with Crippen LogP contribution in [0.5, 0.6) is 5.75 Å². The third-order valence-electron chi connectivity index (χ3n) is 4.59. The van der Waals surface area contributed by atoms with Crippen LogP contribution in [-0.4, -0.2) is 43.4 Å². The lowest BCUT2D eigenvalue weighted by atomic mass is 10.1. The van der Waals surface area contributed by atoms with Crippen molar-refractivity contribution in [1.82, 2.24) is 0 Å². The van der Waals surface area contributed by atoms with Crippen molar-refractivity contribution in [2.24, 2.45) is 0 Å². The minimum Gasteiger partial charge on any atom is -0.479 e. The van der Waals surface area contributed by atoms with E-state index in [0.29, 0.717) is 22.8 Å². The summed E-state index contributed by atoms with van der Waals surface area (Å²) in [4.78, 5) is 49.8. The molecule has 31 heavy (non-hydrogen) atoms. The van der Waals surface area contributed by atoms with Gasteiger partial charge in [-0.1, -0.05) is 18.2 Å². The van der Waals surface area contributed by atoms with E-state index >= 15 is 0 Å². The van der Waals surface area contributed by atoms with E-state index in [1.807, 2.05) is 6.07 Å². The Balaban J connectivity index is 1.75. The van der Waals surface area contributed by atoms with Gasteiger partial charge >= 0.3 is 5.97 Å². The van der Waals surface area contributed by atoms with Crippen molar-refractivity contribution in [3.05, 3.63) is 48.5 Å². The summed E-state index contributed by atoms with van der Waals surface area (Å²) < 4.78 is 10.2. The Labute approximate surface area is 179 Å². The average molecular weight is 425 g/mol. The van der Waals surface area contributed by atoms with Crippen molar-refractivity contribution in [2.75, 3.05) is 29.2 Å². The zero-order chi connectivity index (χ0) is 22.4. The van der Waals surface area contributed by atoms with Gasteiger partial charge in [0.05, 0.1) is 19.2 Å². The quantitative estimate of drug-likeness (QED) is 0.658. The molecule has 1 atom stereocenters. The molecule has 2 N–H and O–H groups in total. The zero-order valence-corrected chi connectivity index (χ0v) is 17.2. The van der Waals surface area contributed by atoms with Gasteiger partial charge in [-0.2, -0.15) is 0 Å². The van der Waals surface area contributed by atoms with Gasteiger partial charge in [-0.25, -0.2) is 0 Å². The third kappa shape index (κ3) is 5.59. The number of methoxy groups -OCH3 is 1. The fourth-order valence-corrected chi connectivity index (χ4v) is 3.05. The summed E-state index contributed by atoms with van der Waals surface area (Å²) in [5.74, 6) is -1.18. The van der Waals surface area contributed by atoms with Crippen LogP contribution in [0.25, 0.3) is 0 Å². The second-order valence-corrected chi connectivity index (χ2v) is 6.91. The van der Waals surface area contributed by atoms with E-state index in [2.05, 4.69) is 15.4 Å². The zero-order valence-electron chi connectivity index (χ0n) is 17.2. The number of nitrogens with zero attached hydrogens (tertiary/aromatic N) is 1. The molecule has 1 unspecified atom stereocenters. The van der Waals surface area contributed by atoms with Crippen LogP contribution < -0.4 is 20.3 Å². The molecular weight excluding hydrogens is 402 g/mol. The van der Waals surface area contributed by atoms with E-state index in [-0.39, 0.29) is 37.1 Å². The summed E-state index contributed by atoms with van der Waals surface area (Å²) in [5, 5.41) is 5.42. The highest BCUT2D eigenvalue weighted by Gasteiger charge is 2.33. The van der Waals surface area contributed by atoms with Gasteiger partial charge in [0.2, 0.25) is 11.8 Å². The second kappa shape index (κ2) is 9.75. The smallest absolute Gasteiger partial charge is 0.306 e. The molecule has 1 aliphatic heterocycles. The highest BCUT2D eigenvalue weighted by molar-refractivity contribution is 6.06. The largest absolute Gasteiger partial charge is 0.479 e. The van der Waals surface area contributed by atoms with Gasteiger partial charge in [-0.05, 0) is 37.3 Å². The van der Waals surface area contributed by atoms with Crippen LogP contribution in [0.3, 0.4) is 0 Å². The summed E-state index contributed by atoms with van der Waals surface area (Å²) >= 11 is 0. The number of carbonyl (C=O) groups is 4. The Kier molecular flexibility index (Phi) is 6.86. The molecule has 2 aromatic rings. The van der Waals surface area contributed by atoms with Crippen LogP contribution in [0, 0.1) is 0 Å². The van der Waals surface area contributed by atoms with Crippen LogP contribution in [0.1, 0.15) is 19.8 Å². The van der Waals surface area contributed by atoms with Gasteiger partial charge in [0.25, 0.3) is 5.91 Å². The Hall–Kier alpha value is -3.88. The number of nitrogens with one attached hydrogen (secondary N) is 2. The molecule has 1 aliphatic rings. The van der Waals surface area contributed by atoms with E-state index in [4.69, 9.17) is 4.74 Å². The lowest BCUT2D eigenvalue weighted by Crippen LogP contribution is -2.47. The molecule has 0 aromatic heterocycles.